The number of amides is 1. The van der Waals surface area contributed by atoms with Crippen LogP contribution in [-0.2, 0) is 6.61 Å². The Morgan fingerprint density at radius 2 is 1.73 bits per heavy atom. The highest BCUT2D eigenvalue weighted by atomic mass is 16.5. The first kappa shape index (κ1) is 19.3. The molecular formula is C22H20N4O4. The topological polar surface area (TPSA) is 87.0 Å². The fraction of sp³-hybridized carbons (Fsp3) is 0.136. The van der Waals surface area contributed by atoms with E-state index in [2.05, 4.69) is 15.4 Å². The molecule has 8 nitrogen and oxygen atoms in total. The molecule has 0 saturated heterocycles. The second-order valence-electron chi connectivity index (χ2n) is 6.37. The van der Waals surface area contributed by atoms with Gasteiger partial charge in [-0.2, -0.15) is 9.61 Å². The highest BCUT2D eigenvalue weighted by Crippen LogP contribution is 2.39. The zero-order chi connectivity index (χ0) is 20.9. The lowest BCUT2D eigenvalue weighted by Crippen LogP contribution is -2.15. The molecule has 0 radical (unpaired) electrons. The molecule has 1 amide bonds. The molecular weight excluding hydrogens is 384 g/mol. The van der Waals surface area contributed by atoms with Crippen molar-refractivity contribution in [2.24, 2.45) is 0 Å². The third kappa shape index (κ3) is 3.88. The molecule has 2 aromatic heterocycles. The van der Waals surface area contributed by atoms with Crippen LogP contribution in [0, 0.1) is 0 Å². The average molecular weight is 404 g/mol. The number of benzene rings is 2. The fourth-order valence-electron chi connectivity index (χ4n) is 3.00. The van der Waals surface area contributed by atoms with Crippen molar-refractivity contribution in [1.29, 1.82) is 0 Å². The monoisotopic (exact) mass is 404 g/mol. The highest BCUT2D eigenvalue weighted by molar-refractivity contribution is 6.04. The van der Waals surface area contributed by atoms with Gasteiger partial charge in [-0.25, -0.2) is 4.98 Å². The molecule has 8 heteroatoms. The largest absolute Gasteiger partial charge is 0.493 e. The maximum Gasteiger partial charge on any atom is 0.257 e. The van der Waals surface area contributed by atoms with Gasteiger partial charge in [0.15, 0.2) is 17.1 Å². The predicted molar refractivity (Wildman–Crippen MR) is 111 cm³/mol. The van der Waals surface area contributed by atoms with Gasteiger partial charge in [0.1, 0.15) is 12.4 Å². The summed E-state index contributed by atoms with van der Waals surface area (Å²) in [7, 11) is 3.03. The summed E-state index contributed by atoms with van der Waals surface area (Å²) < 4.78 is 18.4. The van der Waals surface area contributed by atoms with Crippen LogP contribution in [0.2, 0.25) is 0 Å². The van der Waals surface area contributed by atoms with Crippen LogP contribution in [0.4, 0.5) is 5.82 Å². The van der Waals surface area contributed by atoms with Gasteiger partial charge in [0.25, 0.3) is 5.91 Å². The molecule has 0 aliphatic rings. The zero-order valence-corrected chi connectivity index (χ0v) is 16.5. The van der Waals surface area contributed by atoms with E-state index in [1.165, 1.54) is 14.2 Å². The van der Waals surface area contributed by atoms with Crippen LogP contribution in [0.15, 0.2) is 67.0 Å². The maximum absolute atomic E-state index is 12.9. The molecule has 0 spiro atoms. The minimum atomic E-state index is -0.343. The van der Waals surface area contributed by atoms with E-state index in [4.69, 9.17) is 14.2 Å². The van der Waals surface area contributed by atoms with Crippen molar-refractivity contribution in [2.75, 3.05) is 19.5 Å². The second kappa shape index (κ2) is 8.52. The average Bonchev–Trinajstić information content (AvgIpc) is 3.27. The first-order valence-corrected chi connectivity index (χ1v) is 9.22. The summed E-state index contributed by atoms with van der Waals surface area (Å²) in [6, 6.07) is 16.4. The standard InChI is InChI=1S/C22H20N4O4/c1-28-17-12-16(22(27)25-20-8-10-23-19-9-11-24-26(19)20)13-18(29-2)21(17)30-14-15-6-4-3-5-7-15/h3-13H,14H2,1-2H3,(H,25,27). The number of ether oxygens (including phenoxy) is 3. The Hall–Kier alpha value is -4.07. The summed E-state index contributed by atoms with van der Waals surface area (Å²) in [4.78, 5) is 17.1. The summed E-state index contributed by atoms with van der Waals surface area (Å²) >= 11 is 0. The van der Waals surface area contributed by atoms with E-state index >= 15 is 0 Å². The van der Waals surface area contributed by atoms with Crippen molar-refractivity contribution in [3.8, 4) is 17.2 Å². The number of carbonyl (C=O) groups excluding carboxylic acids is 1. The van der Waals surface area contributed by atoms with Crippen molar-refractivity contribution in [3.63, 3.8) is 0 Å². The number of nitrogens with one attached hydrogen (secondary N) is 1. The number of carbonyl (C=O) groups is 1. The highest BCUT2D eigenvalue weighted by Gasteiger charge is 2.19. The van der Waals surface area contributed by atoms with Crippen LogP contribution in [-0.4, -0.2) is 34.7 Å². The number of aromatic nitrogens is 3. The number of hydrogen-bond donors (Lipinski definition) is 1. The fourth-order valence-corrected chi connectivity index (χ4v) is 3.00. The van der Waals surface area contributed by atoms with Gasteiger partial charge >= 0.3 is 0 Å². The van der Waals surface area contributed by atoms with E-state index in [9.17, 15) is 4.79 Å². The van der Waals surface area contributed by atoms with Gasteiger partial charge in [-0.3, -0.25) is 4.79 Å². The molecule has 0 unspecified atom stereocenters. The molecule has 0 aliphatic carbocycles. The second-order valence-corrected chi connectivity index (χ2v) is 6.37. The molecule has 2 aromatic carbocycles. The Bertz CT molecular complexity index is 1150. The smallest absolute Gasteiger partial charge is 0.257 e. The van der Waals surface area contributed by atoms with E-state index in [-0.39, 0.29) is 5.91 Å². The van der Waals surface area contributed by atoms with Crippen LogP contribution in [0.25, 0.3) is 5.65 Å². The van der Waals surface area contributed by atoms with Crippen molar-refractivity contribution >= 4 is 17.4 Å². The SMILES string of the molecule is COc1cc(C(=O)Nc2ccnc3ccnn23)cc(OC)c1OCc1ccccc1. The molecule has 2 heterocycles. The molecule has 4 aromatic rings. The lowest BCUT2D eigenvalue weighted by Gasteiger charge is -2.16. The number of hydrogen-bond acceptors (Lipinski definition) is 6. The van der Waals surface area contributed by atoms with Crippen LogP contribution < -0.4 is 19.5 Å². The van der Waals surface area contributed by atoms with Gasteiger partial charge in [0.05, 0.1) is 20.4 Å². The number of rotatable bonds is 7. The number of nitrogens with zero attached hydrogens (tertiary/aromatic N) is 3. The molecule has 152 valence electrons. The lowest BCUT2D eigenvalue weighted by atomic mass is 10.1. The summed E-state index contributed by atoms with van der Waals surface area (Å²) in [6.07, 6.45) is 3.22. The molecule has 30 heavy (non-hydrogen) atoms. The Balaban J connectivity index is 1.60. The van der Waals surface area contributed by atoms with E-state index in [1.807, 2.05) is 30.3 Å². The van der Waals surface area contributed by atoms with E-state index in [0.717, 1.165) is 5.56 Å². The van der Waals surface area contributed by atoms with Gasteiger partial charge in [-0.05, 0) is 23.8 Å². The molecule has 4 rings (SSSR count). The number of fused-ring (bicyclic) bond motifs is 1. The summed E-state index contributed by atoms with van der Waals surface area (Å²) in [5.74, 6) is 1.38. The van der Waals surface area contributed by atoms with Gasteiger partial charge in [-0.15, -0.1) is 0 Å². The summed E-state index contributed by atoms with van der Waals surface area (Å²) in [5, 5.41) is 7.01. The van der Waals surface area contributed by atoms with E-state index in [0.29, 0.717) is 40.9 Å². The maximum atomic E-state index is 12.9. The van der Waals surface area contributed by atoms with E-state index in [1.54, 1.807) is 41.2 Å². The van der Waals surface area contributed by atoms with Gasteiger partial charge in [-0.1, -0.05) is 30.3 Å². The Morgan fingerprint density at radius 1 is 1.00 bits per heavy atom. The quantitative estimate of drug-likeness (QED) is 0.507. The van der Waals surface area contributed by atoms with Crippen molar-refractivity contribution in [1.82, 2.24) is 14.6 Å². The molecule has 0 saturated carbocycles. The Kier molecular flexibility index (Phi) is 5.47. The van der Waals surface area contributed by atoms with Crippen LogP contribution in [0.1, 0.15) is 15.9 Å². The first-order valence-electron chi connectivity index (χ1n) is 9.22. The van der Waals surface area contributed by atoms with Crippen molar-refractivity contribution in [2.45, 2.75) is 6.61 Å². The Labute approximate surface area is 173 Å². The Morgan fingerprint density at radius 3 is 2.43 bits per heavy atom. The van der Waals surface area contributed by atoms with Crippen LogP contribution in [0.5, 0.6) is 17.2 Å². The van der Waals surface area contributed by atoms with Crippen LogP contribution >= 0.6 is 0 Å². The molecule has 0 aliphatic heterocycles. The third-order valence-electron chi connectivity index (χ3n) is 4.48. The minimum Gasteiger partial charge on any atom is -0.493 e. The minimum absolute atomic E-state index is 0.341. The van der Waals surface area contributed by atoms with Gasteiger partial charge < -0.3 is 19.5 Å². The van der Waals surface area contributed by atoms with Crippen molar-refractivity contribution < 1.29 is 19.0 Å². The third-order valence-corrected chi connectivity index (χ3v) is 4.48. The van der Waals surface area contributed by atoms with E-state index < -0.39 is 0 Å². The first-order chi connectivity index (χ1) is 14.7. The zero-order valence-electron chi connectivity index (χ0n) is 16.5. The van der Waals surface area contributed by atoms with Gasteiger partial charge in [0, 0.05) is 17.8 Å². The normalized spacial score (nSPS) is 10.6. The molecule has 0 fully saturated rings. The summed E-state index contributed by atoms with van der Waals surface area (Å²) in [5.41, 5.74) is 1.99. The molecule has 1 N–H and O–H groups in total. The molecule has 0 atom stereocenters. The van der Waals surface area contributed by atoms with Crippen LogP contribution in [0.3, 0.4) is 0 Å². The predicted octanol–water partition coefficient (Wildman–Crippen LogP) is 3.58. The summed E-state index contributed by atoms with van der Waals surface area (Å²) in [6.45, 7) is 0.341. The molecule has 0 bridgehead atoms. The number of anilines is 1. The van der Waals surface area contributed by atoms with Crippen molar-refractivity contribution in [3.05, 3.63) is 78.1 Å². The van der Waals surface area contributed by atoms with Gasteiger partial charge in [0.2, 0.25) is 5.75 Å². The number of methoxy groups -OCH3 is 2. The lowest BCUT2D eigenvalue weighted by molar-refractivity contribution is 0.102.